The lowest BCUT2D eigenvalue weighted by molar-refractivity contribution is -0.384. The molecule has 2 rings (SSSR count). The number of anilines is 1. The largest absolute Gasteiger partial charge is 0.396 e. The van der Waals surface area contributed by atoms with Crippen molar-refractivity contribution in [3.63, 3.8) is 0 Å². The zero-order chi connectivity index (χ0) is 15.2. The van der Waals surface area contributed by atoms with E-state index in [4.69, 9.17) is 5.11 Å². The van der Waals surface area contributed by atoms with E-state index >= 15 is 0 Å². The van der Waals surface area contributed by atoms with Crippen LogP contribution in [0.5, 0.6) is 0 Å². The fourth-order valence-corrected chi connectivity index (χ4v) is 3.14. The standard InChI is InChI=1S/C15H23N3O3/c1-16-15-12(5-2-8-14(15)18(20)21)11-17-9-3-6-13(17)7-4-10-19/h2,5,8,13,16,19H,3-4,6-7,9-11H2,1H3. The van der Waals surface area contributed by atoms with Gasteiger partial charge in [-0.3, -0.25) is 15.0 Å². The van der Waals surface area contributed by atoms with Crippen LogP contribution in [0.2, 0.25) is 0 Å². The molecular formula is C15H23N3O3. The molecule has 116 valence electrons. The van der Waals surface area contributed by atoms with Gasteiger partial charge in [0.2, 0.25) is 0 Å². The molecule has 0 bridgehead atoms. The summed E-state index contributed by atoms with van der Waals surface area (Å²) in [6.07, 6.45) is 4.10. The molecule has 1 aromatic carbocycles. The molecule has 1 saturated heterocycles. The average Bonchev–Trinajstić information content (AvgIpc) is 2.92. The van der Waals surface area contributed by atoms with Gasteiger partial charge in [0.25, 0.3) is 5.69 Å². The van der Waals surface area contributed by atoms with Gasteiger partial charge in [-0.05, 0) is 37.8 Å². The smallest absolute Gasteiger partial charge is 0.292 e. The van der Waals surface area contributed by atoms with Gasteiger partial charge in [-0.15, -0.1) is 0 Å². The number of benzene rings is 1. The molecule has 1 aromatic rings. The number of nitrogens with zero attached hydrogens (tertiary/aromatic N) is 2. The second kappa shape index (κ2) is 7.38. The summed E-state index contributed by atoms with van der Waals surface area (Å²) >= 11 is 0. The molecule has 1 aliphatic heterocycles. The molecule has 1 atom stereocenters. The van der Waals surface area contributed by atoms with Gasteiger partial charge in [-0.25, -0.2) is 0 Å². The summed E-state index contributed by atoms with van der Waals surface area (Å²) in [6, 6.07) is 5.69. The number of hydrogen-bond donors (Lipinski definition) is 2. The number of likely N-dealkylation sites (tertiary alicyclic amines) is 1. The Morgan fingerprint density at radius 2 is 2.33 bits per heavy atom. The van der Waals surface area contributed by atoms with E-state index in [9.17, 15) is 10.1 Å². The van der Waals surface area contributed by atoms with Gasteiger partial charge in [0, 0.05) is 32.3 Å². The highest BCUT2D eigenvalue weighted by molar-refractivity contribution is 5.66. The predicted octanol–water partition coefficient (Wildman–Crippen LogP) is 2.37. The lowest BCUT2D eigenvalue weighted by Gasteiger charge is -2.25. The van der Waals surface area contributed by atoms with Gasteiger partial charge < -0.3 is 10.4 Å². The van der Waals surface area contributed by atoms with Crippen LogP contribution < -0.4 is 5.32 Å². The Labute approximate surface area is 124 Å². The summed E-state index contributed by atoms with van der Waals surface area (Å²) in [5.41, 5.74) is 1.69. The minimum absolute atomic E-state index is 0.126. The van der Waals surface area contributed by atoms with Crippen molar-refractivity contribution in [1.29, 1.82) is 0 Å². The van der Waals surface area contributed by atoms with E-state index in [1.54, 1.807) is 13.1 Å². The maximum absolute atomic E-state index is 11.1. The van der Waals surface area contributed by atoms with Crippen LogP contribution in [0.15, 0.2) is 18.2 Å². The summed E-state index contributed by atoms with van der Waals surface area (Å²) in [7, 11) is 1.72. The minimum atomic E-state index is -0.345. The fourth-order valence-electron chi connectivity index (χ4n) is 3.14. The maximum Gasteiger partial charge on any atom is 0.292 e. The van der Waals surface area contributed by atoms with E-state index in [-0.39, 0.29) is 17.2 Å². The van der Waals surface area contributed by atoms with Crippen LogP contribution in [-0.2, 0) is 6.54 Å². The second-order valence-corrected chi connectivity index (χ2v) is 5.45. The van der Waals surface area contributed by atoms with Crippen molar-refractivity contribution in [2.45, 2.75) is 38.3 Å². The van der Waals surface area contributed by atoms with E-state index < -0.39 is 0 Å². The van der Waals surface area contributed by atoms with Crippen LogP contribution in [0.1, 0.15) is 31.2 Å². The summed E-state index contributed by atoms with van der Waals surface area (Å²) < 4.78 is 0. The van der Waals surface area contributed by atoms with Crippen LogP contribution in [0.4, 0.5) is 11.4 Å². The first-order valence-electron chi connectivity index (χ1n) is 7.46. The van der Waals surface area contributed by atoms with Gasteiger partial charge in [0.15, 0.2) is 0 Å². The Bertz CT molecular complexity index is 493. The highest BCUT2D eigenvalue weighted by atomic mass is 16.6. The van der Waals surface area contributed by atoms with Crippen LogP contribution in [0, 0.1) is 10.1 Å². The third-order valence-corrected chi connectivity index (χ3v) is 4.14. The summed E-state index contributed by atoms with van der Waals surface area (Å²) in [5, 5.41) is 23.0. The maximum atomic E-state index is 11.1. The number of aliphatic hydroxyl groups is 1. The van der Waals surface area contributed by atoms with Gasteiger partial charge in [-0.2, -0.15) is 0 Å². The Morgan fingerprint density at radius 1 is 1.52 bits per heavy atom. The number of nitrogens with one attached hydrogen (secondary N) is 1. The number of rotatable bonds is 7. The molecule has 21 heavy (non-hydrogen) atoms. The third kappa shape index (κ3) is 3.71. The Balaban J connectivity index is 2.15. The molecule has 1 fully saturated rings. The molecule has 1 unspecified atom stereocenters. The van der Waals surface area contributed by atoms with Crippen molar-refractivity contribution < 1.29 is 10.0 Å². The van der Waals surface area contributed by atoms with Crippen molar-refractivity contribution in [2.24, 2.45) is 0 Å². The minimum Gasteiger partial charge on any atom is -0.396 e. The first kappa shape index (κ1) is 15.7. The quantitative estimate of drug-likeness (QED) is 0.596. The predicted molar refractivity (Wildman–Crippen MR) is 82.4 cm³/mol. The topological polar surface area (TPSA) is 78.6 Å². The zero-order valence-corrected chi connectivity index (χ0v) is 12.4. The highest BCUT2D eigenvalue weighted by Crippen LogP contribution is 2.31. The molecule has 6 nitrogen and oxygen atoms in total. The number of para-hydroxylation sites is 1. The van der Waals surface area contributed by atoms with Crippen molar-refractivity contribution in [2.75, 3.05) is 25.5 Å². The highest BCUT2D eigenvalue weighted by Gasteiger charge is 2.26. The van der Waals surface area contributed by atoms with Crippen LogP contribution in [0.25, 0.3) is 0 Å². The molecule has 6 heteroatoms. The monoisotopic (exact) mass is 293 g/mol. The molecule has 0 saturated carbocycles. The Hall–Kier alpha value is -1.66. The molecule has 0 aromatic heterocycles. The van der Waals surface area contributed by atoms with Crippen molar-refractivity contribution in [3.8, 4) is 0 Å². The van der Waals surface area contributed by atoms with Gasteiger partial charge >= 0.3 is 0 Å². The lowest BCUT2D eigenvalue weighted by atomic mass is 10.1. The Kier molecular flexibility index (Phi) is 5.52. The fraction of sp³-hybridized carbons (Fsp3) is 0.600. The molecule has 0 aliphatic carbocycles. The van der Waals surface area contributed by atoms with Gasteiger partial charge in [0.05, 0.1) is 4.92 Å². The normalized spacial score (nSPS) is 18.9. The lowest BCUT2D eigenvalue weighted by Crippen LogP contribution is -2.29. The number of nitro benzene ring substituents is 1. The van der Waals surface area contributed by atoms with Crippen LogP contribution in [0.3, 0.4) is 0 Å². The molecule has 0 radical (unpaired) electrons. The molecule has 2 N–H and O–H groups in total. The molecule has 1 heterocycles. The second-order valence-electron chi connectivity index (χ2n) is 5.45. The van der Waals surface area contributed by atoms with E-state index in [0.29, 0.717) is 18.3 Å². The molecular weight excluding hydrogens is 270 g/mol. The summed E-state index contributed by atoms with van der Waals surface area (Å²) in [5.74, 6) is 0. The van der Waals surface area contributed by atoms with E-state index in [0.717, 1.165) is 37.8 Å². The Morgan fingerprint density at radius 3 is 3.00 bits per heavy atom. The van der Waals surface area contributed by atoms with Gasteiger partial charge in [-0.1, -0.05) is 12.1 Å². The summed E-state index contributed by atoms with van der Waals surface area (Å²) in [4.78, 5) is 13.1. The molecule has 0 spiro atoms. The van der Waals surface area contributed by atoms with Gasteiger partial charge in [0.1, 0.15) is 5.69 Å². The van der Waals surface area contributed by atoms with Crippen molar-refractivity contribution in [1.82, 2.24) is 4.90 Å². The number of aliphatic hydroxyl groups excluding tert-OH is 1. The summed E-state index contributed by atoms with van der Waals surface area (Å²) in [6.45, 7) is 1.96. The average molecular weight is 293 g/mol. The number of nitro groups is 1. The van der Waals surface area contributed by atoms with E-state index in [1.807, 2.05) is 6.07 Å². The SMILES string of the molecule is CNc1c(CN2CCCC2CCCO)cccc1[N+](=O)[O-]. The number of hydrogen-bond acceptors (Lipinski definition) is 5. The van der Waals surface area contributed by atoms with E-state index in [2.05, 4.69) is 10.2 Å². The first-order valence-corrected chi connectivity index (χ1v) is 7.46. The van der Waals surface area contributed by atoms with Crippen LogP contribution in [-0.4, -0.2) is 41.2 Å². The van der Waals surface area contributed by atoms with Crippen molar-refractivity contribution >= 4 is 11.4 Å². The third-order valence-electron chi connectivity index (χ3n) is 4.14. The van der Waals surface area contributed by atoms with E-state index in [1.165, 1.54) is 6.07 Å². The molecule has 0 amide bonds. The zero-order valence-electron chi connectivity index (χ0n) is 12.4. The van der Waals surface area contributed by atoms with Crippen molar-refractivity contribution in [3.05, 3.63) is 33.9 Å². The molecule has 1 aliphatic rings. The first-order chi connectivity index (χ1) is 10.2. The van der Waals surface area contributed by atoms with Crippen LogP contribution >= 0.6 is 0 Å².